The Morgan fingerprint density at radius 1 is 1.21 bits per heavy atom. The normalized spacial score (nSPS) is 27.6. The molecule has 5 nitrogen and oxygen atoms in total. The van der Waals surface area contributed by atoms with Crippen LogP contribution in [0.2, 0.25) is 0 Å². The zero-order chi connectivity index (χ0) is 16.8. The van der Waals surface area contributed by atoms with Crippen LogP contribution in [0.5, 0.6) is 0 Å². The van der Waals surface area contributed by atoms with E-state index in [4.69, 9.17) is 5.73 Å². The summed E-state index contributed by atoms with van der Waals surface area (Å²) in [5.74, 6) is 0.767. The molecule has 1 saturated carbocycles. The number of nitrogens with zero attached hydrogens (tertiary/aromatic N) is 2. The van der Waals surface area contributed by atoms with E-state index in [1.54, 1.807) is 0 Å². The lowest BCUT2D eigenvalue weighted by atomic mass is 9.93. The number of hydrogen-bond donors (Lipinski definition) is 2. The van der Waals surface area contributed by atoms with Gasteiger partial charge in [-0.2, -0.15) is 0 Å². The summed E-state index contributed by atoms with van der Waals surface area (Å²) in [6, 6.07) is 6.25. The van der Waals surface area contributed by atoms with Crippen molar-refractivity contribution < 1.29 is 4.79 Å². The molecule has 1 aromatic heterocycles. The van der Waals surface area contributed by atoms with E-state index in [1.807, 2.05) is 24.4 Å². The summed E-state index contributed by atoms with van der Waals surface area (Å²) in [6.45, 7) is 3.29. The van der Waals surface area contributed by atoms with E-state index in [0.29, 0.717) is 31.0 Å². The highest BCUT2D eigenvalue weighted by atomic mass is 16.2. The SMILES string of the molecule is NC[C@H]1CCC[C@H]1C(=O)N(Cc1ccccn1)C1CCCNCC1. The van der Waals surface area contributed by atoms with Gasteiger partial charge in [-0.15, -0.1) is 0 Å². The summed E-state index contributed by atoms with van der Waals surface area (Å²) < 4.78 is 0. The van der Waals surface area contributed by atoms with Crippen molar-refractivity contribution in [3.8, 4) is 0 Å². The van der Waals surface area contributed by atoms with Gasteiger partial charge >= 0.3 is 0 Å². The second kappa shape index (κ2) is 8.58. The molecule has 1 aromatic rings. The first-order valence-corrected chi connectivity index (χ1v) is 9.40. The number of pyridine rings is 1. The average molecular weight is 330 g/mol. The number of carbonyl (C=O) groups excluding carboxylic acids is 1. The lowest BCUT2D eigenvalue weighted by Crippen LogP contribution is -2.45. The van der Waals surface area contributed by atoms with Gasteiger partial charge in [0.1, 0.15) is 0 Å². The van der Waals surface area contributed by atoms with Crippen molar-refractivity contribution in [2.45, 2.75) is 51.1 Å². The van der Waals surface area contributed by atoms with E-state index in [0.717, 1.165) is 57.3 Å². The maximum Gasteiger partial charge on any atom is 0.226 e. The quantitative estimate of drug-likeness (QED) is 0.865. The van der Waals surface area contributed by atoms with Crippen LogP contribution in [0.4, 0.5) is 0 Å². The van der Waals surface area contributed by atoms with Crippen molar-refractivity contribution in [2.75, 3.05) is 19.6 Å². The Morgan fingerprint density at radius 2 is 2.12 bits per heavy atom. The molecule has 1 unspecified atom stereocenters. The lowest BCUT2D eigenvalue weighted by Gasteiger charge is -2.34. The van der Waals surface area contributed by atoms with Gasteiger partial charge in [-0.3, -0.25) is 9.78 Å². The standard InChI is InChI=1S/C19H30N4O/c20-13-15-5-3-8-18(15)19(24)23(14-16-6-1-2-11-22-16)17-7-4-10-21-12-9-17/h1-2,6,11,15,17-18,21H,3-5,7-10,12-14,20H2/t15-,17?,18-/m1/s1. The number of nitrogens with two attached hydrogens (primary N) is 1. The molecule has 132 valence electrons. The second-order valence-electron chi connectivity index (χ2n) is 7.16. The fourth-order valence-electron chi connectivity index (χ4n) is 4.22. The first kappa shape index (κ1) is 17.4. The molecule has 1 amide bonds. The molecule has 1 aliphatic heterocycles. The number of amides is 1. The summed E-state index contributed by atoms with van der Waals surface area (Å²) in [6.07, 6.45) is 8.25. The van der Waals surface area contributed by atoms with Gasteiger partial charge in [0, 0.05) is 18.2 Å². The Morgan fingerprint density at radius 3 is 2.92 bits per heavy atom. The highest BCUT2D eigenvalue weighted by Crippen LogP contribution is 2.34. The van der Waals surface area contributed by atoms with Gasteiger partial charge in [0.15, 0.2) is 0 Å². The van der Waals surface area contributed by atoms with Crippen LogP contribution in [0.3, 0.4) is 0 Å². The molecule has 0 bridgehead atoms. The Balaban J connectivity index is 1.78. The van der Waals surface area contributed by atoms with Crippen molar-refractivity contribution in [3.63, 3.8) is 0 Å². The van der Waals surface area contributed by atoms with Crippen LogP contribution < -0.4 is 11.1 Å². The average Bonchev–Trinajstić information content (AvgIpc) is 2.94. The third-order valence-electron chi connectivity index (χ3n) is 5.61. The molecule has 3 atom stereocenters. The lowest BCUT2D eigenvalue weighted by molar-refractivity contribution is -0.140. The van der Waals surface area contributed by atoms with E-state index in [9.17, 15) is 4.79 Å². The fraction of sp³-hybridized carbons (Fsp3) is 0.684. The zero-order valence-corrected chi connectivity index (χ0v) is 14.5. The Kier molecular flexibility index (Phi) is 6.21. The maximum atomic E-state index is 13.4. The molecule has 0 radical (unpaired) electrons. The predicted octanol–water partition coefficient (Wildman–Crippen LogP) is 1.93. The van der Waals surface area contributed by atoms with Crippen molar-refractivity contribution in [3.05, 3.63) is 30.1 Å². The first-order valence-electron chi connectivity index (χ1n) is 9.40. The summed E-state index contributed by atoms with van der Waals surface area (Å²) in [5, 5.41) is 3.45. The zero-order valence-electron chi connectivity index (χ0n) is 14.5. The minimum Gasteiger partial charge on any atom is -0.334 e. The van der Waals surface area contributed by atoms with E-state index >= 15 is 0 Å². The van der Waals surface area contributed by atoms with Crippen LogP contribution in [0, 0.1) is 11.8 Å². The Labute approximate surface area is 145 Å². The summed E-state index contributed by atoms with van der Waals surface area (Å²) in [7, 11) is 0. The van der Waals surface area contributed by atoms with Gasteiger partial charge < -0.3 is 16.0 Å². The summed E-state index contributed by atoms with van der Waals surface area (Å²) in [5.41, 5.74) is 6.90. The number of hydrogen-bond acceptors (Lipinski definition) is 4. The largest absolute Gasteiger partial charge is 0.334 e. The maximum absolute atomic E-state index is 13.4. The third kappa shape index (κ3) is 4.14. The molecule has 2 fully saturated rings. The number of nitrogens with one attached hydrogen (secondary N) is 1. The number of carbonyl (C=O) groups is 1. The second-order valence-corrected chi connectivity index (χ2v) is 7.16. The Bertz CT molecular complexity index is 513. The molecule has 1 aliphatic carbocycles. The van der Waals surface area contributed by atoms with Crippen LogP contribution in [0.25, 0.3) is 0 Å². The fourth-order valence-corrected chi connectivity index (χ4v) is 4.22. The predicted molar refractivity (Wildman–Crippen MR) is 95.2 cm³/mol. The van der Waals surface area contributed by atoms with Gasteiger partial charge in [0.25, 0.3) is 0 Å². The smallest absolute Gasteiger partial charge is 0.226 e. The molecule has 24 heavy (non-hydrogen) atoms. The van der Waals surface area contributed by atoms with Crippen LogP contribution in [-0.4, -0.2) is 41.5 Å². The molecule has 2 heterocycles. The van der Waals surface area contributed by atoms with Crippen LogP contribution in [0.15, 0.2) is 24.4 Å². The molecule has 0 spiro atoms. The molecular weight excluding hydrogens is 300 g/mol. The Hall–Kier alpha value is -1.46. The molecule has 5 heteroatoms. The van der Waals surface area contributed by atoms with Crippen LogP contribution in [-0.2, 0) is 11.3 Å². The molecule has 1 saturated heterocycles. The van der Waals surface area contributed by atoms with E-state index in [2.05, 4.69) is 15.2 Å². The van der Waals surface area contributed by atoms with Gasteiger partial charge in [-0.25, -0.2) is 0 Å². The van der Waals surface area contributed by atoms with Gasteiger partial charge in [0.05, 0.1) is 12.2 Å². The topological polar surface area (TPSA) is 71.2 Å². The highest BCUT2D eigenvalue weighted by molar-refractivity contribution is 5.79. The van der Waals surface area contributed by atoms with Gasteiger partial charge in [-0.05, 0) is 69.8 Å². The summed E-state index contributed by atoms with van der Waals surface area (Å²) in [4.78, 5) is 19.9. The summed E-state index contributed by atoms with van der Waals surface area (Å²) >= 11 is 0. The van der Waals surface area contributed by atoms with Crippen molar-refractivity contribution in [2.24, 2.45) is 17.6 Å². The minimum absolute atomic E-state index is 0.106. The van der Waals surface area contributed by atoms with Crippen molar-refractivity contribution in [1.29, 1.82) is 0 Å². The molecule has 3 N–H and O–H groups in total. The van der Waals surface area contributed by atoms with Gasteiger partial charge in [-0.1, -0.05) is 12.5 Å². The van der Waals surface area contributed by atoms with Crippen molar-refractivity contribution >= 4 is 5.91 Å². The van der Waals surface area contributed by atoms with Crippen LogP contribution in [0.1, 0.15) is 44.2 Å². The minimum atomic E-state index is 0.106. The monoisotopic (exact) mass is 330 g/mol. The van der Waals surface area contributed by atoms with E-state index in [-0.39, 0.29) is 5.92 Å². The molecule has 3 rings (SSSR count). The molecular formula is C19H30N4O. The molecule has 2 aliphatic rings. The first-order chi connectivity index (χ1) is 11.8. The van der Waals surface area contributed by atoms with Crippen LogP contribution >= 0.6 is 0 Å². The number of rotatable bonds is 5. The van der Waals surface area contributed by atoms with E-state index < -0.39 is 0 Å². The molecule has 0 aromatic carbocycles. The van der Waals surface area contributed by atoms with E-state index in [1.165, 1.54) is 0 Å². The number of aromatic nitrogens is 1. The van der Waals surface area contributed by atoms with Gasteiger partial charge in [0.2, 0.25) is 5.91 Å². The highest BCUT2D eigenvalue weighted by Gasteiger charge is 2.37. The van der Waals surface area contributed by atoms with Crippen molar-refractivity contribution in [1.82, 2.24) is 15.2 Å². The third-order valence-corrected chi connectivity index (χ3v) is 5.61.